The number of halogens is 2. The van der Waals surface area contributed by atoms with Crippen molar-refractivity contribution >= 4 is 28.9 Å². The number of rotatable bonds is 5. The first kappa shape index (κ1) is 15.2. The fourth-order valence-electron chi connectivity index (χ4n) is 2.29. The molecule has 3 heteroatoms. The third kappa shape index (κ3) is 3.68. The molecule has 2 aromatic rings. The van der Waals surface area contributed by atoms with E-state index < -0.39 is 0 Å². The van der Waals surface area contributed by atoms with Gasteiger partial charge in [0.25, 0.3) is 0 Å². The SMILES string of the molecule is CCCC(Nc1c(C)cccc1Cl)c1ccc(Cl)cc1. The predicted molar refractivity (Wildman–Crippen MR) is 88.9 cm³/mol. The standard InChI is InChI=1S/C17H19Cl2N/c1-3-5-16(13-8-10-14(18)11-9-13)20-17-12(2)6-4-7-15(17)19/h4,6-11,16,20H,3,5H2,1-2H3. The maximum atomic E-state index is 6.30. The largest absolute Gasteiger partial charge is 0.377 e. The highest BCUT2D eigenvalue weighted by molar-refractivity contribution is 6.33. The molecule has 0 heterocycles. The van der Waals surface area contributed by atoms with Gasteiger partial charge in [0, 0.05) is 5.02 Å². The lowest BCUT2D eigenvalue weighted by atomic mass is 10.0. The van der Waals surface area contributed by atoms with Gasteiger partial charge in [0.1, 0.15) is 0 Å². The third-order valence-corrected chi connectivity index (χ3v) is 3.96. The summed E-state index contributed by atoms with van der Waals surface area (Å²) in [5.74, 6) is 0. The van der Waals surface area contributed by atoms with Crippen molar-refractivity contribution in [2.45, 2.75) is 32.7 Å². The van der Waals surface area contributed by atoms with Crippen molar-refractivity contribution in [2.24, 2.45) is 0 Å². The van der Waals surface area contributed by atoms with Gasteiger partial charge in [0.2, 0.25) is 0 Å². The van der Waals surface area contributed by atoms with Crippen molar-refractivity contribution in [1.29, 1.82) is 0 Å². The topological polar surface area (TPSA) is 12.0 Å². The van der Waals surface area contributed by atoms with Crippen LogP contribution in [0, 0.1) is 6.92 Å². The molecule has 1 N–H and O–H groups in total. The highest BCUT2D eigenvalue weighted by atomic mass is 35.5. The number of hydrogen-bond donors (Lipinski definition) is 1. The highest BCUT2D eigenvalue weighted by Crippen LogP contribution is 2.31. The zero-order valence-corrected chi connectivity index (χ0v) is 13.3. The number of benzene rings is 2. The first-order valence-corrected chi connectivity index (χ1v) is 7.64. The Labute approximate surface area is 130 Å². The molecule has 0 aliphatic carbocycles. The maximum Gasteiger partial charge on any atom is 0.0640 e. The molecule has 2 aromatic carbocycles. The Kier molecular flexibility index (Phi) is 5.33. The Hall–Kier alpha value is -1.18. The highest BCUT2D eigenvalue weighted by Gasteiger charge is 2.13. The van der Waals surface area contributed by atoms with Gasteiger partial charge in [-0.15, -0.1) is 0 Å². The normalized spacial score (nSPS) is 12.2. The average molecular weight is 308 g/mol. The Morgan fingerprint density at radius 1 is 1.05 bits per heavy atom. The molecule has 0 amide bonds. The summed E-state index contributed by atoms with van der Waals surface area (Å²) in [7, 11) is 0. The summed E-state index contributed by atoms with van der Waals surface area (Å²) in [6.07, 6.45) is 2.15. The Morgan fingerprint density at radius 2 is 1.75 bits per heavy atom. The second-order valence-electron chi connectivity index (χ2n) is 4.97. The van der Waals surface area contributed by atoms with E-state index in [1.54, 1.807) is 0 Å². The first-order chi connectivity index (χ1) is 9.61. The summed E-state index contributed by atoms with van der Waals surface area (Å²) >= 11 is 12.3. The first-order valence-electron chi connectivity index (χ1n) is 6.89. The summed E-state index contributed by atoms with van der Waals surface area (Å²) in [6, 6.07) is 14.2. The quantitative estimate of drug-likeness (QED) is 0.688. The van der Waals surface area contributed by atoms with E-state index in [1.807, 2.05) is 24.3 Å². The summed E-state index contributed by atoms with van der Waals surface area (Å²) < 4.78 is 0. The second kappa shape index (κ2) is 7.01. The van der Waals surface area contributed by atoms with Gasteiger partial charge in [-0.3, -0.25) is 0 Å². The van der Waals surface area contributed by atoms with Crippen molar-refractivity contribution in [3.8, 4) is 0 Å². The lowest BCUT2D eigenvalue weighted by Gasteiger charge is -2.22. The van der Waals surface area contributed by atoms with E-state index in [1.165, 1.54) is 5.56 Å². The van der Waals surface area contributed by atoms with Gasteiger partial charge in [-0.1, -0.05) is 60.8 Å². The molecule has 2 rings (SSSR count). The van der Waals surface area contributed by atoms with E-state index in [2.05, 4.69) is 37.4 Å². The van der Waals surface area contributed by atoms with Crippen LogP contribution in [-0.2, 0) is 0 Å². The van der Waals surface area contributed by atoms with Crippen molar-refractivity contribution in [1.82, 2.24) is 0 Å². The van der Waals surface area contributed by atoms with Crippen LogP contribution in [0.4, 0.5) is 5.69 Å². The van der Waals surface area contributed by atoms with Crippen LogP contribution in [0.15, 0.2) is 42.5 Å². The monoisotopic (exact) mass is 307 g/mol. The maximum absolute atomic E-state index is 6.30. The zero-order chi connectivity index (χ0) is 14.5. The van der Waals surface area contributed by atoms with E-state index >= 15 is 0 Å². The molecule has 0 radical (unpaired) electrons. The van der Waals surface area contributed by atoms with Gasteiger partial charge in [-0.25, -0.2) is 0 Å². The smallest absolute Gasteiger partial charge is 0.0640 e. The number of para-hydroxylation sites is 1. The Bertz CT molecular complexity index is 543. The van der Waals surface area contributed by atoms with Gasteiger partial charge in [-0.05, 0) is 42.7 Å². The lowest BCUT2D eigenvalue weighted by Crippen LogP contribution is -2.11. The molecular weight excluding hydrogens is 289 g/mol. The minimum absolute atomic E-state index is 0.246. The summed E-state index contributed by atoms with van der Waals surface area (Å²) in [5.41, 5.74) is 3.41. The van der Waals surface area contributed by atoms with E-state index in [4.69, 9.17) is 23.2 Å². The Balaban J connectivity index is 2.28. The summed E-state index contributed by atoms with van der Waals surface area (Å²) in [6.45, 7) is 4.25. The number of hydrogen-bond acceptors (Lipinski definition) is 1. The Morgan fingerprint density at radius 3 is 2.35 bits per heavy atom. The van der Waals surface area contributed by atoms with Crippen molar-refractivity contribution in [3.63, 3.8) is 0 Å². The van der Waals surface area contributed by atoms with E-state index in [0.717, 1.165) is 34.1 Å². The van der Waals surface area contributed by atoms with Crippen LogP contribution in [0.2, 0.25) is 10.0 Å². The molecular formula is C17H19Cl2N. The van der Waals surface area contributed by atoms with E-state index in [-0.39, 0.29) is 6.04 Å². The molecule has 0 saturated heterocycles. The lowest BCUT2D eigenvalue weighted by molar-refractivity contribution is 0.677. The molecule has 1 unspecified atom stereocenters. The average Bonchev–Trinajstić information content (AvgIpc) is 2.43. The minimum atomic E-state index is 0.246. The molecule has 0 saturated carbocycles. The van der Waals surface area contributed by atoms with E-state index in [0.29, 0.717) is 0 Å². The fraction of sp³-hybridized carbons (Fsp3) is 0.294. The zero-order valence-electron chi connectivity index (χ0n) is 11.8. The van der Waals surface area contributed by atoms with Gasteiger partial charge in [0.05, 0.1) is 16.8 Å². The summed E-state index contributed by atoms with van der Waals surface area (Å²) in [4.78, 5) is 0. The van der Waals surface area contributed by atoms with Crippen molar-refractivity contribution < 1.29 is 0 Å². The molecule has 0 spiro atoms. The molecule has 1 nitrogen and oxygen atoms in total. The molecule has 1 atom stereocenters. The number of aryl methyl sites for hydroxylation is 1. The molecule has 0 aliphatic heterocycles. The fourth-order valence-corrected chi connectivity index (χ4v) is 2.70. The molecule has 20 heavy (non-hydrogen) atoms. The minimum Gasteiger partial charge on any atom is -0.377 e. The van der Waals surface area contributed by atoms with Gasteiger partial charge < -0.3 is 5.32 Å². The molecule has 0 aliphatic rings. The van der Waals surface area contributed by atoms with Crippen molar-refractivity contribution in [2.75, 3.05) is 5.32 Å². The number of anilines is 1. The molecule has 106 valence electrons. The van der Waals surface area contributed by atoms with Crippen LogP contribution < -0.4 is 5.32 Å². The van der Waals surface area contributed by atoms with Gasteiger partial charge in [-0.2, -0.15) is 0 Å². The predicted octanol–water partition coefficient (Wildman–Crippen LogP) is 6.26. The van der Waals surface area contributed by atoms with Gasteiger partial charge >= 0.3 is 0 Å². The number of nitrogens with one attached hydrogen (secondary N) is 1. The summed E-state index contributed by atoms with van der Waals surface area (Å²) in [5, 5.41) is 5.10. The molecule has 0 fully saturated rings. The van der Waals surface area contributed by atoms with Crippen LogP contribution in [0.1, 0.15) is 36.9 Å². The second-order valence-corrected chi connectivity index (χ2v) is 5.81. The van der Waals surface area contributed by atoms with Crippen LogP contribution >= 0.6 is 23.2 Å². The molecule has 0 aromatic heterocycles. The van der Waals surface area contributed by atoms with Crippen molar-refractivity contribution in [3.05, 3.63) is 63.6 Å². The van der Waals surface area contributed by atoms with E-state index in [9.17, 15) is 0 Å². The van der Waals surface area contributed by atoms with Crippen LogP contribution in [0.25, 0.3) is 0 Å². The van der Waals surface area contributed by atoms with Gasteiger partial charge in [0.15, 0.2) is 0 Å². The van der Waals surface area contributed by atoms with Crippen LogP contribution in [0.3, 0.4) is 0 Å². The van der Waals surface area contributed by atoms with Crippen LogP contribution in [0.5, 0.6) is 0 Å². The molecule has 0 bridgehead atoms. The van der Waals surface area contributed by atoms with Crippen LogP contribution in [-0.4, -0.2) is 0 Å². The third-order valence-electron chi connectivity index (χ3n) is 3.39.